The molecule has 0 spiro atoms. The van der Waals surface area contributed by atoms with E-state index in [0.29, 0.717) is 12.2 Å². The van der Waals surface area contributed by atoms with E-state index >= 15 is 0 Å². The first-order chi connectivity index (χ1) is 14.0. The third-order valence-electron chi connectivity index (χ3n) is 5.62. The third-order valence-corrected chi connectivity index (χ3v) is 5.62. The SMILES string of the molecule is C[C@@H]1CO[C@H](c2ccccc2)[C@H](C)N1C(=O)c1cc(N(C)C)nc2ccccc12. The Morgan fingerprint density at radius 1 is 1.07 bits per heavy atom. The fraction of sp³-hybridized carbons (Fsp3) is 0.333. The van der Waals surface area contributed by atoms with Gasteiger partial charge in [0.25, 0.3) is 5.91 Å². The maximum atomic E-state index is 13.8. The van der Waals surface area contributed by atoms with Gasteiger partial charge in [0.1, 0.15) is 11.9 Å². The highest BCUT2D eigenvalue weighted by atomic mass is 16.5. The Kier molecular flexibility index (Phi) is 5.24. The third kappa shape index (κ3) is 3.58. The first kappa shape index (κ1) is 19.4. The number of carbonyl (C=O) groups is 1. The quantitative estimate of drug-likeness (QED) is 0.670. The number of fused-ring (bicyclic) bond motifs is 1. The maximum Gasteiger partial charge on any atom is 0.255 e. The summed E-state index contributed by atoms with van der Waals surface area (Å²) in [6.07, 6.45) is -0.141. The molecule has 3 atom stereocenters. The van der Waals surface area contributed by atoms with Gasteiger partial charge < -0.3 is 14.5 Å². The van der Waals surface area contributed by atoms with Gasteiger partial charge in [-0.25, -0.2) is 4.98 Å². The molecule has 29 heavy (non-hydrogen) atoms. The zero-order chi connectivity index (χ0) is 20.5. The number of pyridine rings is 1. The van der Waals surface area contributed by atoms with Crippen molar-refractivity contribution >= 4 is 22.6 Å². The summed E-state index contributed by atoms with van der Waals surface area (Å²) in [6.45, 7) is 4.63. The molecule has 1 aliphatic rings. The second kappa shape index (κ2) is 7.84. The van der Waals surface area contributed by atoms with Crippen LogP contribution in [0.5, 0.6) is 0 Å². The Balaban J connectivity index is 1.76. The lowest BCUT2D eigenvalue weighted by Gasteiger charge is -2.44. The van der Waals surface area contributed by atoms with E-state index in [9.17, 15) is 4.79 Å². The molecule has 1 fully saturated rings. The average molecular weight is 389 g/mol. The number of benzene rings is 2. The van der Waals surface area contributed by atoms with E-state index < -0.39 is 0 Å². The van der Waals surface area contributed by atoms with Crippen molar-refractivity contribution in [3.05, 3.63) is 71.8 Å². The fourth-order valence-electron chi connectivity index (χ4n) is 4.12. The van der Waals surface area contributed by atoms with Crippen LogP contribution >= 0.6 is 0 Å². The van der Waals surface area contributed by atoms with Crippen molar-refractivity contribution in [2.75, 3.05) is 25.6 Å². The van der Waals surface area contributed by atoms with E-state index in [2.05, 4.69) is 19.1 Å². The van der Waals surface area contributed by atoms with Gasteiger partial charge in [-0.2, -0.15) is 0 Å². The predicted molar refractivity (Wildman–Crippen MR) is 116 cm³/mol. The number of hydrogen-bond acceptors (Lipinski definition) is 4. The number of aromatic nitrogens is 1. The van der Waals surface area contributed by atoms with Crippen LogP contribution in [-0.2, 0) is 4.74 Å². The molecule has 0 aliphatic carbocycles. The molecule has 5 heteroatoms. The standard InChI is InChI=1S/C24H27N3O2/c1-16-15-29-23(18-10-6-5-7-11-18)17(2)27(16)24(28)20-14-22(26(3)4)25-21-13-9-8-12-19(20)21/h5-14,16-17,23H,15H2,1-4H3/t16-,17+,23+/m1/s1. The summed E-state index contributed by atoms with van der Waals surface area (Å²) in [5, 5.41) is 0.880. The molecule has 1 aliphatic heterocycles. The number of rotatable bonds is 3. The zero-order valence-corrected chi connectivity index (χ0v) is 17.4. The minimum atomic E-state index is -0.141. The van der Waals surface area contributed by atoms with Crippen molar-refractivity contribution in [2.45, 2.75) is 32.0 Å². The molecule has 0 N–H and O–H groups in total. The summed E-state index contributed by atoms with van der Waals surface area (Å²) < 4.78 is 6.14. The highest BCUT2D eigenvalue weighted by Gasteiger charge is 2.38. The normalized spacial score (nSPS) is 21.9. The molecular weight excluding hydrogens is 362 g/mol. The number of amides is 1. The van der Waals surface area contributed by atoms with Gasteiger partial charge in [-0.15, -0.1) is 0 Å². The van der Waals surface area contributed by atoms with Gasteiger partial charge in [0.15, 0.2) is 0 Å². The van der Waals surface area contributed by atoms with Gasteiger partial charge >= 0.3 is 0 Å². The van der Waals surface area contributed by atoms with Crippen molar-refractivity contribution in [3.8, 4) is 0 Å². The first-order valence-corrected chi connectivity index (χ1v) is 10.0. The van der Waals surface area contributed by atoms with Crippen molar-refractivity contribution in [3.63, 3.8) is 0 Å². The van der Waals surface area contributed by atoms with Crippen LogP contribution in [0.4, 0.5) is 5.82 Å². The van der Waals surface area contributed by atoms with Gasteiger partial charge in [0.05, 0.1) is 29.8 Å². The van der Waals surface area contributed by atoms with Gasteiger partial charge in [0, 0.05) is 19.5 Å². The van der Waals surface area contributed by atoms with Crippen LogP contribution in [0.2, 0.25) is 0 Å². The monoisotopic (exact) mass is 389 g/mol. The van der Waals surface area contributed by atoms with Crippen LogP contribution in [-0.4, -0.2) is 48.6 Å². The smallest absolute Gasteiger partial charge is 0.255 e. The molecule has 2 aromatic carbocycles. The lowest BCUT2D eigenvalue weighted by Crippen LogP contribution is -2.53. The van der Waals surface area contributed by atoms with E-state index in [-0.39, 0.29) is 24.1 Å². The largest absolute Gasteiger partial charge is 0.369 e. The zero-order valence-electron chi connectivity index (χ0n) is 17.4. The number of para-hydroxylation sites is 1. The molecule has 1 saturated heterocycles. The molecule has 0 bridgehead atoms. The van der Waals surface area contributed by atoms with Crippen LogP contribution in [0.15, 0.2) is 60.7 Å². The molecule has 3 aromatic rings. The van der Waals surface area contributed by atoms with Crippen LogP contribution in [0.1, 0.15) is 35.9 Å². The molecule has 0 radical (unpaired) electrons. The minimum Gasteiger partial charge on any atom is -0.369 e. The van der Waals surface area contributed by atoms with E-state index in [1.54, 1.807) is 0 Å². The van der Waals surface area contributed by atoms with E-state index in [0.717, 1.165) is 22.3 Å². The highest BCUT2D eigenvalue weighted by Crippen LogP contribution is 2.33. The summed E-state index contributed by atoms with van der Waals surface area (Å²) in [5.41, 5.74) is 2.61. The Labute approximate surface area is 171 Å². The molecular formula is C24H27N3O2. The second-order valence-electron chi connectivity index (χ2n) is 7.91. The van der Waals surface area contributed by atoms with Crippen LogP contribution in [0, 0.1) is 0 Å². The maximum absolute atomic E-state index is 13.8. The van der Waals surface area contributed by atoms with Crippen molar-refractivity contribution in [1.82, 2.24) is 9.88 Å². The Bertz CT molecular complexity index is 1020. The number of anilines is 1. The van der Waals surface area contributed by atoms with Crippen molar-refractivity contribution < 1.29 is 9.53 Å². The highest BCUT2D eigenvalue weighted by molar-refractivity contribution is 6.07. The van der Waals surface area contributed by atoms with Crippen LogP contribution < -0.4 is 4.90 Å². The first-order valence-electron chi connectivity index (χ1n) is 10.0. The fourth-order valence-corrected chi connectivity index (χ4v) is 4.12. The molecule has 4 rings (SSSR count). The second-order valence-corrected chi connectivity index (χ2v) is 7.91. The van der Waals surface area contributed by atoms with Gasteiger partial charge in [-0.1, -0.05) is 48.5 Å². The number of morpholine rings is 1. The number of ether oxygens (including phenoxy) is 1. The lowest BCUT2D eigenvalue weighted by atomic mass is 9.97. The molecule has 1 amide bonds. The molecule has 150 valence electrons. The Hall–Kier alpha value is -2.92. The summed E-state index contributed by atoms with van der Waals surface area (Å²) in [7, 11) is 3.88. The summed E-state index contributed by atoms with van der Waals surface area (Å²) in [4.78, 5) is 22.4. The van der Waals surface area contributed by atoms with Gasteiger partial charge in [-0.3, -0.25) is 4.79 Å². The van der Waals surface area contributed by atoms with Crippen LogP contribution in [0.25, 0.3) is 10.9 Å². The topological polar surface area (TPSA) is 45.7 Å². The number of nitrogens with zero attached hydrogens (tertiary/aromatic N) is 3. The summed E-state index contributed by atoms with van der Waals surface area (Å²) in [5.74, 6) is 0.802. The van der Waals surface area contributed by atoms with E-state index in [4.69, 9.17) is 9.72 Å². The summed E-state index contributed by atoms with van der Waals surface area (Å²) >= 11 is 0. The van der Waals surface area contributed by atoms with E-state index in [1.165, 1.54) is 0 Å². The summed E-state index contributed by atoms with van der Waals surface area (Å²) in [6, 6.07) is 19.8. The van der Waals surface area contributed by atoms with Gasteiger partial charge in [-0.05, 0) is 31.5 Å². The molecule has 5 nitrogen and oxygen atoms in total. The van der Waals surface area contributed by atoms with Crippen LogP contribution in [0.3, 0.4) is 0 Å². The number of hydrogen-bond donors (Lipinski definition) is 0. The lowest BCUT2D eigenvalue weighted by molar-refractivity contribution is -0.0805. The molecule has 2 heterocycles. The van der Waals surface area contributed by atoms with E-state index in [1.807, 2.05) is 79.3 Å². The molecule has 0 saturated carbocycles. The minimum absolute atomic E-state index is 0.00723. The molecule has 1 aromatic heterocycles. The van der Waals surface area contributed by atoms with Gasteiger partial charge in [0.2, 0.25) is 0 Å². The number of carbonyl (C=O) groups excluding carboxylic acids is 1. The van der Waals surface area contributed by atoms with Crippen molar-refractivity contribution in [2.24, 2.45) is 0 Å². The van der Waals surface area contributed by atoms with Crippen molar-refractivity contribution in [1.29, 1.82) is 0 Å². The Morgan fingerprint density at radius 3 is 2.48 bits per heavy atom. The predicted octanol–water partition coefficient (Wildman–Crippen LogP) is 4.29. The molecule has 0 unspecified atom stereocenters. The Morgan fingerprint density at radius 2 is 1.76 bits per heavy atom. The average Bonchev–Trinajstić information content (AvgIpc) is 2.73.